The van der Waals surface area contributed by atoms with E-state index in [1.54, 1.807) is 6.07 Å². The van der Waals surface area contributed by atoms with Crippen molar-refractivity contribution >= 4 is 27.3 Å². The molecule has 3 rings (SSSR count). The third-order valence-electron chi connectivity index (χ3n) is 4.23. The molecule has 0 bridgehead atoms. The minimum atomic E-state index is -4.50. The predicted molar refractivity (Wildman–Crippen MR) is 93.9 cm³/mol. The molecule has 140 valence electrons. The van der Waals surface area contributed by atoms with Gasteiger partial charge in [0.1, 0.15) is 0 Å². The fourth-order valence-corrected chi connectivity index (χ4v) is 4.43. The van der Waals surface area contributed by atoms with E-state index in [-0.39, 0.29) is 18.0 Å². The molecule has 1 fully saturated rings. The van der Waals surface area contributed by atoms with Crippen LogP contribution in [0.15, 0.2) is 53.4 Å². The molecule has 0 aliphatic carbocycles. The van der Waals surface area contributed by atoms with E-state index < -0.39 is 21.8 Å². The van der Waals surface area contributed by atoms with Crippen molar-refractivity contribution in [2.45, 2.75) is 11.1 Å². The largest absolute Gasteiger partial charge is 0.416 e. The first-order valence-electron chi connectivity index (χ1n) is 7.86. The maximum absolute atomic E-state index is 12.7. The summed E-state index contributed by atoms with van der Waals surface area (Å²) in [4.78, 5) is 1.88. The lowest BCUT2D eigenvalue weighted by Gasteiger charge is -2.35. The second kappa shape index (κ2) is 7.09. The van der Waals surface area contributed by atoms with Gasteiger partial charge in [0.25, 0.3) is 0 Å². The molecule has 0 N–H and O–H groups in total. The zero-order chi connectivity index (χ0) is 18.9. The van der Waals surface area contributed by atoms with Crippen LogP contribution in [0.4, 0.5) is 18.9 Å². The van der Waals surface area contributed by atoms with Gasteiger partial charge in [-0.25, -0.2) is 8.42 Å². The Labute approximate surface area is 154 Å². The molecule has 9 heteroatoms. The van der Waals surface area contributed by atoms with Gasteiger partial charge in [-0.1, -0.05) is 17.7 Å². The Morgan fingerprint density at radius 3 is 2.08 bits per heavy atom. The van der Waals surface area contributed by atoms with Crippen molar-refractivity contribution in [3.05, 3.63) is 59.1 Å². The van der Waals surface area contributed by atoms with E-state index in [1.807, 2.05) is 23.1 Å². The van der Waals surface area contributed by atoms with Crippen molar-refractivity contribution < 1.29 is 21.6 Å². The quantitative estimate of drug-likeness (QED) is 0.779. The van der Waals surface area contributed by atoms with Crippen LogP contribution in [0.25, 0.3) is 0 Å². The maximum atomic E-state index is 12.7. The Morgan fingerprint density at radius 2 is 1.54 bits per heavy atom. The molecule has 1 aliphatic heterocycles. The molecule has 0 radical (unpaired) electrons. The van der Waals surface area contributed by atoms with E-state index in [2.05, 4.69) is 0 Å². The van der Waals surface area contributed by atoms with Crippen molar-refractivity contribution in [2.24, 2.45) is 0 Å². The van der Waals surface area contributed by atoms with Crippen LogP contribution in [0.2, 0.25) is 5.02 Å². The van der Waals surface area contributed by atoms with Gasteiger partial charge in [0.15, 0.2) is 0 Å². The molecule has 2 aromatic carbocycles. The number of rotatable bonds is 3. The Bertz CT molecular complexity index is 878. The summed E-state index contributed by atoms with van der Waals surface area (Å²) in [5.74, 6) is 0. The summed E-state index contributed by atoms with van der Waals surface area (Å²) in [6.07, 6.45) is -4.50. The number of halogens is 4. The van der Waals surface area contributed by atoms with E-state index in [0.717, 1.165) is 30.0 Å². The van der Waals surface area contributed by atoms with Gasteiger partial charge >= 0.3 is 6.18 Å². The zero-order valence-corrected chi connectivity index (χ0v) is 15.2. The molecule has 0 unspecified atom stereocenters. The Morgan fingerprint density at radius 1 is 0.923 bits per heavy atom. The van der Waals surface area contributed by atoms with E-state index in [4.69, 9.17) is 11.6 Å². The van der Waals surface area contributed by atoms with Gasteiger partial charge < -0.3 is 4.90 Å². The zero-order valence-electron chi connectivity index (χ0n) is 13.6. The highest BCUT2D eigenvalue weighted by Crippen LogP contribution is 2.30. The summed E-state index contributed by atoms with van der Waals surface area (Å²) in [5.41, 5.74) is 0.0336. The Hall–Kier alpha value is -1.77. The monoisotopic (exact) mass is 404 g/mol. The summed E-state index contributed by atoms with van der Waals surface area (Å²) in [6, 6.07) is 10.9. The Kier molecular flexibility index (Phi) is 5.18. The average molecular weight is 405 g/mol. The summed E-state index contributed by atoms with van der Waals surface area (Å²) in [5, 5.41) is 0.599. The summed E-state index contributed by atoms with van der Waals surface area (Å²) in [6.45, 7) is 1.44. The SMILES string of the molecule is O=S(=O)(c1ccc(C(F)(F)F)cc1)N1CCN(c2cccc(Cl)c2)CC1. The number of piperazine rings is 1. The van der Waals surface area contributed by atoms with Crippen LogP contribution in [0.1, 0.15) is 5.56 Å². The van der Waals surface area contributed by atoms with Gasteiger partial charge in [-0.05, 0) is 42.5 Å². The first-order valence-corrected chi connectivity index (χ1v) is 9.68. The van der Waals surface area contributed by atoms with Crippen LogP contribution in [-0.2, 0) is 16.2 Å². The van der Waals surface area contributed by atoms with Crippen LogP contribution in [-0.4, -0.2) is 38.9 Å². The second-order valence-corrected chi connectivity index (χ2v) is 8.27. The first kappa shape index (κ1) is 19.0. The number of alkyl halides is 3. The van der Waals surface area contributed by atoms with E-state index in [9.17, 15) is 21.6 Å². The van der Waals surface area contributed by atoms with Crippen LogP contribution < -0.4 is 4.90 Å². The third-order valence-corrected chi connectivity index (χ3v) is 6.38. The highest BCUT2D eigenvalue weighted by molar-refractivity contribution is 7.89. The molecular weight excluding hydrogens is 389 g/mol. The van der Waals surface area contributed by atoms with Crippen LogP contribution in [0.3, 0.4) is 0 Å². The molecule has 1 saturated heterocycles. The number of anilines is 1. The minimum absolute atomic E-state index is 0.137. The van der Waals surface area contributed by atoms with Gasteiger partial charge in [0.05, 0.1) is 10.5 Å². The lowest BCUT2D eigenvalue weighted by atomic mass is 10.2. The fourth-order valence-electron chi connectivity index (χ4n) is 2.82. The number of hydrogen-bond donors (Lipinski definition) is 0. The van der Waals surface area contributed by atoms with E-state index >= 15 is 0 Å². The molecule has 0 spiro atoms. The summed E-state index contributed by atoms with van der Waals surface area (Å²) in [7, 11) is -3.82. The predicted octanol–water partition coefficient (Wildman–Crippen LogP) is 3.87. The van der Waals surface area contributed by atoms with E-state index in [1.165, 1.54) is 4.31 Å². The maximum Gasteiger partial charge on any atom is 0.416 e. The van der Waals surface area contributed by atoms with Gasteiger partial charge in [-0.15, -0.1) is 0 Å². The highest BCUT2D eigenvalue weighted by Gasteiger charge is 2.32. The summed E-state index contributed by atoms with van der Waals surface area (Å²) < 4.78 is 64.5. The number of benzene rings is 2. The number of hydrogen-bond acceptors (Lipinski definition) is 3. The number of sulfonamides is 1. The first-order chi connectivity index (χ1) is 12.2. The van der Waals surface area contributed by atoms with Crippen molar-refractivity contribution in [2.75, 3.05) is 31.1 Å². The molecule has 1 aliphatic rings. The molecule has 1 heterocycles. The topological polar surface area (TPSA) is 40.6 Å². The van der Waals surface area contributed by atoms with Gasteiger partial charge in [-0.2, -0.15) is 17.5 Å². The minimum Gasteiger partial charge on any atom is -0.369 e. The molecule has 0 amide bonds. The normalized spacial score (nSPS) is 16.7. The average Bonchev–Trinajstić information content (AvgIpc) is 2.61. The lowest BCUT2D eigenvalue weighted by molar-refractivity contribution is -0.137. The molecule has 4 nitrogen and oxygen atoms in total. The van der Waals surface area contributed by atoms with Crippen LogP contribution >= 0.6 is 11.6 Å². The van der Waals surface area contributed by atoms with E-state index in [0.29, 0.717) is 18.1 Å². The second-order valence-electron chi connectivity index (χ2n) is 5.89. The van der Waals surface area contributed by atoms with Crippen LogP contribution in [0.5, 0.6) is 0 Å². The summed E-state index contributed by atoms with van der Waals surface area (Å²) >= 11 is 5.98. The van der Waals surface area contributed by atoms with Crippen molar-refractivity contribution in [3.8, 4) is 0 Å². The van der Waals surface area contributed by atoms with Gasteiger partial charge in [0, 0.05) is 36.9 Å². The molecule has 0 saturated carbocycles. The third kappa shape index (κ3) is 3.97. The van der Waals surface area contributed by atoms with Crippen molar-refractivity contribution in [1.82, 2.24) is 4.31 Å². The highest BCUT2D eigenvalue weighted by atomic mass is 35.5. The van der Waals surface area contributed by atoms with Crippen molar-refractivity contribution in [1.29, 1.82) is 0 Å². The smallest absolute Gasteiger partial charge is 0.369 e. The molecule has 0 aromatic heterocycles. The van der Waals surface area contributed by atoms with Crippen molar-refractivity contribution in [3.63, 3.8) is 0 Å². The fraction of sp³-hybridized carbons (Fsp3) is 0.294. The molecule has 26 heavy (non-hydrogen) atoms. The molecular formula is C17H16ClF3N2O2S. The number of nitrogens with zero attached hydrogens (tertiary/aromatic N) is 2. The Balaban J connectivity index is 1.72. The molecule has 2 aromatic rings. The standard InChI is InChI=1S/C17H16ClF3N2O2S/c18-14-2-1-3-15(12-14)22-8-10-23(11-9-22)26(24,25)16-6-4-13(5-7-16)17(19,20)21/h1-7,12H,8-11H2. The van der Waals surface area contributed by atoms with Crippen LogP contribution in [0, 0.1) is 0 Å². The lowest BCUT2D eigenvalue weighted by Crippen LogP contribution is -2.48. The van der Waals surface area contributed by atoms with Gasteiger partial charge in [-0.3, -0.25) is 0 Å². The van der Waals surface area contributed by atoms with Gasteiger partial charge in [0.2, 0.25) is 10.0 Å². The molecule has 0 atom stereocenters.